The summed E-state index contributed by atoms with van der Waals surface area (Å²) in [6.07, 6.45) is 3.02. The first kappa shape index (κ1) is 17.3. The lowest BCUT2D eigenvalue weighted by molar-refractivity contribution is 0.0718. The number of ether oxygens (including phenoxy) is 2. The summed E-state index contributed by atoms with van der Waals surface area (Å²) in [5, 5.41) is 0. The average molecular weight is 365 g/mol. The number of likely N-dealkylation sites (tertiary alicyclic amines) is 1. The minimum Gasteiger partial charge on any atom is -0.454 e. The molecule has 2 aliphatic rings. The van der Waals surface area contributed by atoms with Gasteiger partial charge in [0.15, 0.2) is 11.5 Å². The SMILES string of the molecule is O=C(C(=O)c1ccccc1C(=O)N1CCCCC1)c1ccc2c(c1)OCO2. The fourth-order valence-corrected chi connectivity index (χ4v) is 3.43. The first-order chi connectivity index (χ1) is 13.1. The minimum atomic E-state index is -0.699. The number of carbonyl (C=O) groups is 3. The van der Waals surface area contributed by atoms with Crippen LogP contribution >= 0.6 is 0 Å². The van der Waals surface area contributed by atoms with Crippen molar-refractivity contribution in [2.45, 2.75) is 19.3 Å². The highest BCUT2D eigenvalue weighted by Gasteiger charge is 2.27. The van der Waals surface area contributed by atoms with E-state index in [0.29, 0.717) is 24.6 Å². The number of benzene rings is 2. The third kappa shape index (κ3) is 3.30. The molecule has 1 amide bonds. The van der Waals surface area contributed by atoms with E-state index in [1.807, 2.05) is 0 Å². The Labute approximate surface area is 156 Å². The molecule has 0 bridgehead atoms. The van der Waals surface area contributed by atoms with E-state index in [1.165, 1.54) is 18.2 Å². The van der Waals surface area contributed by atoms with Gasteiger partial charge in [-0.05, 0) is 43.5 Å². The molecule has 2 aromatic carbocycles. The van der Waals surface area contributed by atoms with Crippen molar-refractivity contribution < 1.29 is 23.9 Å². The van der Waals surface area contributed by atoms with Gasteiger partial charge in [-0.3, -0.25) is 14.4 Å². The third-order valence-corrected chi connectivity index (χ3v) is 4.89. The van der Waals surface area contributed by atoms with Crippen LogP contribution in [0.4, 0.5) is 0 Å². The molecule has 2 aromatic rings. The highest BCUT2D eigenvalue weighted by molar-refractivity contribution is 6.50. The lowest BCUT2D eigenvalue weighted by atomic mass is 9.96. The van der Waals surface area contributed by atoms with Crippen molar-refractivity contribution in [1.82, 2.24) is 4.90 Å². The van der Waals surface area contributed by atoms with Crippen molar-refractivity contribution in [3.05, 3.63) is 59.2 Å². The summed E-state index contributed by atoms with van der Waals surface area (Å²) in [5.41, 5.74) is 0.624. The predicted octanol–water partition coefficient (Wildman–Crippen LogP) is 3.11. The van der Waals surface area contributed by atoms with Crippen LogP contribution in [0.25, 0.3) is 0 Å². The third-order valence-electron chi connectivity index (χ3n) is 4.89. The van der Waals surface area contributed by atoms with Crippen molar-refractivity contribution in [3.63, 3.8) is 0 Å². The molecule has 138 valence electrons. The van der Waals surface area contributed by atoms with Crippen LogP contribution in [0.15, 0.2) is 42.5 Å². The van der Waals surface area contributed by atoms with Gasteiger partial charge in [0.1, 0.15) is 0 Å². The van der Waals surface area contributed by atoms with Gasteiger partial charge >= 0.3 is 0 Å². The van der Waals surface area contributed by atoms with Gasteiger partial charge in [-0.25, -0.2) is 0 Å². The van der Waals surface area contributed by atoms with Gasteiger partial charge in [0.2, 0.25) is 18.4 Å². The van der Waals surface area contributed by atoms with E-state index < -0.39 is 11.6 Å². The Hall–Kier alpha value is -3.15. The molecule has 1 saturated heterocycles. The summed E-state index contributed by atoms with van der Waals surface area (Å²) >= 11 is 0. The van der Waals surface area contributed by atoms with Crippen molar-refractivity contribution in [1.29, 1.82) is 0 Å². The summed E-state index contributed by atoms with van der Waals surface area (Å²) in [7, 11) is 0. The number of hydrogen-bond donors (Lipinski definition) is 0. The van der Waals surface area contributed by atoms with Crippen LogP contribution in [0.5, 0.6) is 11.5 Å². The predicted molar refractivity (Wildman–Crippen MR) is 97.4 cm³/mol. The maximum Gasteiger partial charge on any atom is 0.254 e. The topological polar surface area (TPSA) is 72.9 Å². The number of ketones is 2. The van der Waals surface area contributed by atoms with Crippen molar-refractivity contribution in [2.24, 2.45) is 0 Å². The molecule has 0 aliphatic carbocycles. The van der Waals surface area contributed by atoms with Crippen LogP contribution in [-0.2, 0) is 0 Å². The van der Waals surface area contributed by atoms with E-state index in [2.05, 4.69) is 0 Å². The largest absolute Gasteiger partial charge is 0.454 e. The molecule has 4 rings (SSSR count). The van der Waals surface area contributed by atoms with Gasteiger partial charge in [-0.15, -0.1) is 0 Å². The Kier molecular flexibility index (Phi) is 4.62. The van der Waals surface area contributed by atoms with E-state index in [1.54, 1.807) is 29.2 Å². The van der Waals surface area contributed by atoms with Crippen LogP contribution in [0.2, 0.25) is 0 Å². The van der Waals surface area contributed by atoms with Crippen LogP contribution in [0.3, 0.4) is 0 Å². The highest BCUT2D eigenvalue weighted by Crippen LogP contribution is 2.33. The van der Waals surface area contributed by atoms with E-state index >= 15 is 0 Å². The van der Waals surface area contributed by atoms with Gasteiger partial charge in [0, 0.05) is 24.2 Å². The smallest absolute Gasteiger partial charge is 0.254 e. The van der Waals surface area contributed by atoms with Crippen LogP contribution in [-0.4, -0.2) is 42.3 Å². The molecule has 27 heavy (non-hydrogen) atoms. The molecular formula is C21H19NO5. The Morgan fingerprint density at radius 3 is 2.26 bits per heavy atom. The molecule has 6 heteroatoms. The van der Waals surface area contributed by atoms with Gasteiger partial charge in [-0.1, -0.05) is 18.2 Å². The molecule has 2 heterocycles. The van der Waals surface area contributed by atoms with Crippen LogP contribution in [0, 0.1) is 0 Å². The lowest BCUT2D eigenvalue weighted by Gasteiger charge is -2.27. The zero-order valence-electron chi connectivity index (χ0n) is 14.8. The second kappa shape index (κ2) is 7.23. The summed E-state index contributed by atoms with van der Waals surface area (Å²) in [6, 6.07) is 11.1. The first-order valence-corrected chi connectivity index (χ1v) is 9.02. The van der Waals surface area contributed by atoms with Crippen LogP contribution in [0.1, 0.15) is 50.3 Å². The number of nitrogens with zero attached hydrogens (tertiary/aromatic N) is 1. The quantitative estimate of drug-likeness (QED) is 0.615. The molecular weight excluding hydrogens is 346 g/mol. The van der Waals surface area contributed by atoms with Crippen molar-refractivity contribution in [2.75, 3.05) is 19.9 Å². The maximum absolute atomic E-state index is 12.9. The van der Waals surface area contributed by atoms with Crippen molar-refractivity contribution in [3.8, 4) is 11.5 Å². The molecule has 1 fully saturated rings. The Morgan fingerprint density at radius 1 is 0.778 bits per heavy atom. The highest BCUT2D eigenvalue weighted by atomic mass is 16.7. The normalized spacial score (nSPS) is 15.5. The fourth-order valence-electron chi connectivity index (χ4n) is 3.43. The molecule has 0 radical (unpaired) electrons. The summed E-state index contributed by atoms with van der Waals surface area (Å²) in [4.78, 5) is 40.2. The number of piperidine rings is 1. The van der Waals surface area contributed by atoms with Gasteiger partial charge in [0.25, 0.3) is 5.91 Å². The molecule has 0 aromatic heterocycles. The maximum atomic E-state index is 12.9. The van der Waals surface area contributed by atoms with Gasteiger partial charge in [-0.2, -0.15) is 0 Å². The molecule has 0 atom stereocenters. The number of amides is 1. The second-order valence-corrected chi connectivity index (χ2v) is 6.62. The summed E-state index contributed by atoms with van der Waals surface area (Å²) in [6.45, 7) is 1.45. The van der Waals surface area contributed by atoms with Gasteiger partial charge in [0.05, 0.1) is 5.56 Å². The zero-order chi connectivity index (χ0) is 18.8. The van der Waals surface area contributed by atoms with E-state index in [9.17, 15) is 14.4 Å². The van der Waals surface area contributed by atoms with E-state index in [-0.39, 0.29) is 29.4 Å². The zero-order valence-corrected chi connectivity index (χ0v) is 14.8. The monoisotopic (exact) mass is 365 g/mol. The number of Topliss-reactive ketones (excluding diaryl/α,β-unsaturated/α-hetero) is 2. The van der Waals surface area contributed by atoms with E-state index in [0.717, 1.165) is 19.3 Å². The van der Waals surface area contributed by atoms with Gasteiger partial charge < -0.3 is 14.4 Å². The number of hydrogen-bond acceptors (Lipinski definition) is 5. The fraction of sp³-hybridized carbons (Fsp3) is 0.286. The summed E-state index contributed by atoms with van der Waals surface area (Å²) < 4.78 is 10.5. The molecule has 0 saturated carbocycles. The Bertz CT molecular complexity index is 915. The Morgan fingerprint density at radius 2 is 1.48 bits per heavy atom. The number of rotatable bonds is 4. The minimum absolute atomic E-state index is 0.0914. The number of carbonyl (C=O) groups excluding carboxylic acids is 3. The first-order valence-electron chi connectivity index (χ1n) is 9.02. The van der Waals surface area contributed by atoms with Crippen LogP contribution < -0.4 is 9.47 Å². The van der Waals surface area contributed by atoms with E-state index in [4.69, 9.17) is 9.47 Å². The Balaban J connectivity index is 1.62. The molecule has 6 nitrogen and oxygen atoms in total. The standard InChI is InChI=1S/C21H19NO5/c23-19(14-8-9-17-18(12-14)27-13-26-17)20(24)15-6-2-3-7-16(15)21(25)22-10-4-1-5-11-22/h2-3,6-9,12H,1,4-5,10-11,13H2. The molecule has 2 aliphatic heterocycles. The lowest BCUT2D eigenvalue weighted by Crippen LogP contribution is -2.36. The molecule has 0 spiro atoms. The number of fused-ring (bicyclic) bond motifs is 1. The second-order valence-electron chi connectivity index (χ2n) is 6.62. The average Bonchev–Trinajstić information content (AvgIpc) is 3.20. The molecule has 0 unspecified atom stereocenters. The molecule has 0 N–H and O–H groups in total. The summed E-state index contributed by atoms with van der Waals surface area (Å²) in [5.74, 6) is -0.592. The van der Waals surface area contributed by atoms with Crippen molar-refractivity contribution >= 4 is 17.5 Å².